The molecule has 0 saturated carbocycles. The second-order valence-electron chi connectivity index (χ2n) is 7.06. The van der Waals surface area contributed by atoms with Crippen molar-refractivity contribution in [2.75, 3.05) is 26.7 Å². The predicted molar refractivity (Wildman–Crippen MR) is 109 cm³/mol. The highest BCUT2D eigenvalue weighted by molar-refractivity contribution is 7.89. The largest absolute Gasteiger partial charge is 0.497 e. The van der Waals surface area contributed by atoms with Crippen LogP contribution < -0.4 is 15.2 Å². The number of hydrogen-bond donors (Lipinski definition) is 2. The summed E-state index contributed by atoms with van der Waals surface area (Å²) in [6.07, 6.45) is 2.19. The van der Waals surface area contributed by atoms with Gasteiger partial charge in [-0.1, -0.05) is 12.1 Å². The second-order valence-corrected chi connectivity index (χ2v) is 8.83. The molecule has 2 N–H and O–H groups in total. The highest BCUT2D eigenvalue weighted by Gasteiger charge is 2.26. The summed E-state index contributed by atoms with van der Waals surface area (Å²) in [5, 5.41) is 0. The maximum absolute atomic E-state index is 12.9. The SMILES string of the molecule is COc1cccc(C(CNS(=O)(=O)c2ccc3oc(=O)[nH]c3c2)N2CCCC2)c1. The van der Waals surface area contributed by atoms with E-state index in [0.717, 1.165) is 37.2 Å². The Morgan fingerprint density at radius 2 is 2.00 bits per heavy atom. The molecule has 154 valence electrons. The maximum Gasteiger partial charge on any atom is 0.417 e. The second kappa shape index (κ2) is 8.02. The van der Waals surface area contributed by atoms with E-state index >= 15 is 0 Å². The third kappa shape index (κ3) is 4.21. The van der Waals surface area contributed by atoms with Gasteiger partial charge in [-0.2, -0.15) is 0 Å². The van der Waals surface area contributed by atoms with Gasteiger partial charge in [-0.25, -0.2) is 17.9 Å². The van der Waals surface area contributed by atoms with Crippen LogP contribution in [-0.2, 0) is 10.0 Å². The molecule has 1 aromatic heterocycles. The Kier molecular flexibility index (Phi) is 5.44. The normalized spacial score (nSPS) is 16.3. The first-order valence-electron chi connectivity index (χ1n) is 9.47. The number of oxazole rings is 1. The van der Waals surface area contributed by atoms with E-state index in [1.165, 1.54) is 18.2 Å². The highest BCUT2D eigenvalue weighted by atomic mass is 32.2. The molecule has 0 radical (unpaired) electrons. The number of fused-ring (bicyclic) bond motifs is 1. The third-order valence-corrected chi connectivity index (χ3v) is 6.65. The van der Waals surface area contributed by atoms with Crippen molar-refractivity contribution in [2.24, 2.45) is 0 Å². The molecule has 0 aliphatic carbocycles. The van der Waals surface area contributed by atoms with Crippen LogP contribution in [0.3, 0.4) is 0 Å². The zero-order chi connectivity index (χ0) is 20.4. The lowest BCUT2D eigenvalue weighted by Gasteiger charge is -2.28. The molecule has 2 aromatic carbocycles. The zero-order valence-electron chi connectivity index (χ0n) is 16.1. The van der Waals surface area contributed by atoms with Crippen LogP contribution in [0.2, 0.25) is 0 Å². The van der Waals surface area contributed by atoms with E-state index in [1.54, 1.807) is 7.11 Å². The summed E-state index contributed by atoms with van der Waals surface area (Å²) >= 11 is 0. The molecule has 0 spiro atoms. The number of hydrogen-bond acceptors (Lipinski definition) is 6. The Labute approximate surface area is 168 Å². The lowest BCUT2D eigenvalue weighted by Crippen LogP contribution is -2.36. The number of ether oxygens (including phenoxy) is 1. The van der Waals surface area contributed by atoms with E-state index < -0.39 is 15.8 Å². The first-order chi connectivity index (χ1) is 14.0. The van der Waals surface area contributed by atoms with Crippen molar-refractivity contribution >= 4 is 21.1 Å². The van der Waals surface area contributed by atoms with Gasteiger partial charge in [0, 0.05) is 12.6 Å². The molecule has 3 aromatic rings. The molecule has 1 unspecified atom stereocenters. The quantitative estimate of drug-likeness (QED) is 0.611. The van der Waals surface area contributed by atoms with Gasteiger partial charge in [-0.15, -0.1) is 0 Å². The summed E-state index contributed by atoms with van der Waals surface area (Å²) in [7, 11) is -2.15. The Morgan fingerprint density at radius 3 is 2.76 bits per heavy atom. The van der Waals surface area contributed by atoms with Crippen molar-refractivity contribution in [3.05, 3.63) is 58.6 Å². The van der Waals surface area contributed by atoms with Gasteiger partial charge in [-0.05, 0) is 61.8 Å². The van der Waals surface area contributed by atoms with Gasteiger partial charge >= 0.3 is 5.76 Å². The lowest BCUT2D eigenvalue weighted by atomic mass is 10.1. The van der Waals surface area contributed by atoms with E-state index in [2.05, 4.69) is 14.6 Å². The van der Waals surface area contributed by atoms with Gasteiger partial charge in [0.2, 0.25) is 10.0 Å². The standard InChI is InChI=1S/C20H23N3O5S/c1-27-15-6-4-5-14(11-15)18(23-9-2-3-10-23)13-21-29(25,26)16-7-8-19-17(12-16)22-20(24)28-19/h4-8,11-12,18,21H,2-3,9-10,13H2,1H3,(H,22,24). The number of aromatic nitrogens is 1. The number of rotatable bonds is 7. The molecule has 1 aliphatic rings. The minimum absolute atomic E-state index is 0.0767. The first kappa shape index (κ1) is 19.7. The zero-order valence-corrected chi connectivity index (χ0v) is 16.9. The van der Waals surface area contributed by atoms with E-state index in [0.29, 0.717) is 11.1 Å². The van der Waals surface area contributed by atoms with Crippen LogP contribution in [0.1, 0.15) is 24.4 Å². The molecule has 1 atom stereocenters. The Hall–Kier alpha value is -2.62. The number of benzene rings is 2. The average Bonchev–Trinajstić information content (AvgIpc) is 3.36. The van der Waals surface area contributed by atoms with Crippen LogP contribution in [-0.4, -0.2) is 45.0 Å². The van der Waals surface area contributed by atoms with Crippen molar-refractivity contribution in [2.45, 2.75) is 23.8 Å². The molecule has 1 fully saturated rings. The van der Waals surface area contributed by atoms with Crippen molar-refractivity contribution in [1.82, 2.24) is 14.6 Å². The van der Waals surface area contributed by atoms with Crippen LogP contribution in [0.5, 0.6) is 5.75 Å². The summed E-state index contributed by atoms with van der Waals surface area (Å²) in [4.78, 5) is 16.2. The number of aromatic amines is 1. The minimum atomic E-state index is -3.76. The molecule has 0 amide bonds. The monoisotopic (exact) mass is 417 g/mol. The fourth-order valence-corrected chi connectivity index (χ4v) is 4.79. The van der Waals surface area contributed by atoms with Gasteiger partial charge in [0.05, 0.1) is 17.5 Å². The Bertz CT molecular complexity index is 1160. The molecule has 29 heavy (non-hydrogen) atoms. The van der Waals surface area contributed by atoms with E-state index in [1.807, 2.05) is 24.3 Å². The number of H-pyrrole nitrogens is 1. The molecule has 8 nitrogen and oxygen atoms in total. The molecular weight excluding hydrogens is 394 g/mol. The van der Waals surface area contributed by atoms with Crippen LogP contribution in [0.4, 0.5) is 0 Å². The lowest BCUT2D eigenvalue weighted by molar-refractivity contribution is 0.246. The summed E-state index contributed by atoms with van der Waals surface area (Å²) in [5.41, 5.74) is 1.67. The van der Waals surface area contributed by atoms with Crippen molar-refractivity contribution < 1.29 is 17.6 Å². The van der Waals surface area contributed by atoms with Gasteiger partial charge in [0.25, 0.3) is 0 Å². The van der Waals surface area contributed by atoms with Crippen molar-refractivity contribution in [3.8, 4) is 5.75 Å². The van der Waals surface area contributed by atoms with Crippen LogP contribution in [0, 0.1) is 0 Å². The van der Waals surface area contributed by atoms with Crippen LogP contribution in [0.25, 0.3) is 11.1 Å². The molecule has 0 bridgehead atoms. The fraction of sp³-hybridized carbons (Fsp3) is 0.350. The van der Waals surface area contributed by atoms with E-state index in [9.17, 15) is 13.2 Å². The van der Waals surface area contributed by atoms with Crippen molar-refractivity contribution in [1.29, 1.82) is 0 Å². The molecule has 1 saturated heterocycles. The van der Waals surface area contributed by atoms with Gasteiger partial charge in [0.1, 0.15) is 5.75 Å². The number of methoxy groups -OCH3 is 1. The van der Waals surface area contributed by atoms with Gasteiger partial charge in [0.15, 0.2) is 5.58 Å². The number of likely N-dealkylation sites (tertiary alicyclic amines) is 1. The molecule has 1 aliphatic heterocycles. The predicted octanol–water partition coefficient (Wildman–Crippen LogP) is 2.25. The topological polar surface area (TPSA) is 105 Å². The number of nitrogens with zero attached hydrogens (tertiary/aromatic N) is 1. The summed E-state index contributed by atoms with van der Waals surface area (Å²) in [5.74, 6) is 0.124. The summed E-state index contributed by atoms with van der Waals surface area (Å²) in [6, 6.07) is 11.9. The number of nitrogens with one attached hydrogen (secondary N) is 2. The first-order valence-corrected chi connectivity index (χ1v) is 11.0. The van der Waals surface area contributed by atoms with E-state index in [4.69, 9.17) is 9.15 Å². The maximum atomic E-state index is 12.9. The Morgan fingerprint density at radius 1 is 1.21 bits per heavy atom. The van der Waals surface area contributed by atoms with Crippen molar-refractivity contribution in [3.63, 3.8) is 0 Å². The summed E-state index contributed by atoms with van der Waals surface area (Å²) < 4.78 is 38.8. The smallest absolute Gasteiger partial charge is 0.417 e. The fourth-order valence-electron chi connectivity index (χ4n) is 3.73. The Balaban J connectivity index is 1.58. The third-order valence-electron chi connectivity index (χ3n) is 5.23. The van der Waals surface area contributed by atoms with Crippen LogP contribution >= 0.6 is 0 Å². The molecule has 9 heteroatoms. The minimum Gasteiger partial charge on any atom is -0.497 e. The average molecular weight is 417 g/mol. The van der Waals surface area contributed by atoms with Gasteiger partial charge in [-0.3, -0.25) is 9.88 Å². The van der Waals surface area contributed by atoms with E-state index in [-0.39, 0.29) is 17.5 Å². The highest BCUT2D eigenvalue weighted by Crippen LogP contribution is 2.27. The molecular formula is C20H23N3O5S. The van der Waals surface area contributed by atoms with Gasteiger partial charge < -0.3 is 9.15 Å². The number of sulfonamides is 1. The van der Waals surface area contributed by atoms with Crippen LogP contribution in [0.15, 0.2) is 56.6 Å². The molecule has 4 rings (SSSR count). The molecule has 2 heterocycles. The summed E-state index contributed by atoms with van der Waals surface area (Å²) in [6.45, 7) is 2.08.